The van der Waals surface area contributed by atoms with E-state index in [4.69, 9.17) is 0 Å². The lowest BCUT2D eigenvalue weighted by Gasteiger charge is -2.17. The molecule has 2 rings (SSSR count). The molecule has 0 fully saturated rings. The number of rotatable bonds is 6. The van der Waals surface area contributed by atoms with Crippen molar-refractivity contribution in [2.75, 3.05) is 18.5 Å². The standard InChI is InChI=1S/C13H18N4S/c1-3-14-6-12-7-16-13(8-15-12)17(2)9-11-4-5-18-10-11/h4-5,7-8,10,14H,3,6,9H2,1-2H3. The van der Waals surface area contributed by atoms with Crippen molar-refractivity contribution in [3.05, 3.63) is 40.5 Å². The highest BCUT2D eigenvalue weighted by Crippen LogP contribution is 2.13. The zero-order valence-corrected chi connectivity index (χ0v) is 11.6. The van der Waals surface area contributed by atoms with Gasteiger partial charge in [-0.2, -0.15) is 11.3 Å². The highest BCUT2D eigenvalue weighted by molar-refractivity contribution is 7.07. The Labute approximate surface area is 112 Å². The first-order valence-electron chi connectivity index (χ1n) is 6.03. The molecule has 0 aromatic carbocycles. The summed E-state index contributed by atoms with van der Waals surface area (Å²) < 4.78 is 0. The Morgan fingerprint density at radius 1 is 1.33 bits per heavy atom. The SMILES string of the molecule is CCNCc1cnc(N(C)Cc2ccsc2)cn1. The van der Waals surface area contributed by atoms with Crippen LogP contribution >= 0.6 is 11.3 Å². The fraction of sp³-hybridized carbons (Fsp3) is 0.385. The van der Waals surface area contributed by atoms with Crippen LogP contribution in [0.1, 0.15) is 18.2 Å². The normalized spacial score (nSPS) is 10.6. The van der Waals surface area contributed by atoms with Gasteiger partial charge in [0.25, 0.3) is 0 Å². The zero-order chi connectivity index (χ0) is 12.8. The molecule has 96 valence electrons. The van der Waals surface area contributed by atoms with Crippen molar-refractivity contribution < 1.29 is 0 Å². The van der Waals surface area contributed by atoms with Crippen LogP contribution in [0.15, 0.2) is 29.2 Å². The van der Waals surface area contributed by atoms with E-state index in [1.54, 1.807) is 11.3 Å². The maximum absolute atomic E-state index is 4.44. The summed E-state index contributed by atoms with van der Waals surface area (Å²) in [4.78, 5) is 10.9. The molecule has 4 nitrogen and oxygen atoms in total. The number of hydrogen-bond acceptors (Lipinski definition) is 5. The third-order valence-corrected chi connectivity index (χ3v) is 3.37. The van der Waals surface area contributed by atoms with Crippen LogP contribution in [0.2, 0.25) is 0 Å². The minimum atomic E-state index is 0.776. The lowest BCUT2D eigenvalue weighted by molar-refractivity contribution is 0.706. The van der Waals surface area contributed by atoms with Gasteiger partial charge in [-0.25, -0.2) is 4.98 Å². The van der Waals surface area contributed by atoms with Crippen LogP contribution < -0.4 is 10.2 Å². The molecule has 0 aliphatic rings. The number of thiophene rings is 1. The Balaban J connectivity index is 1.96. The molecule has 0 amide bonds. The first kappa shape index (κ1) is 13.0. The minimum Gasteiger partial charge on any atom is -0.354 e. The molecule has 2 heterocycles. The van der Waals surface area contributed by atoms with Crippen LogP contribution in [0.3, 0.4) is 0 Å². The van der Waals surface area contributed by atoms with Crippen LogP contribution in [0, 0.1) is 0 Å². The molecular formula is C13H18N4S. The van der Waals surface area contributed by atoms with E-state index < -0.39 is 0 Å². The molecule has 5 heteroatoms. The highest BCUT2D eigenvalue weighted by atomic mass is 32.1. The molecule has 0 radical (unpaired) electrons. The van der Waals surface area contributed by atoms with Crippen molar-refractivity contribution in [1.82, 2.24) is 15.3 Å². The van der Waals surface area contributed by atoms with E-state index in [2.05, 4.69) is 43.9 Å². The van der Waals surface area contributed by atoms with E-state index in [1.165, 1.54) is 5.56 Å². The highest BCUT2D eigenvalue weighted by Gasteiger charge is 2.04. The van der Waals surface area contributed by atoms with Gasteiger partial charge in [0.15, 0.2) is 0 Å². The molecule has 1 N–H and O–H groups in total. The van der Waals surface area contributed by atoms with Crippen LogP contribution in [0.5, 0.6) is 0 Å². The van der Waals surface area contributed by atoms with E-state index in [0.717, 1.165) is 31.1 Å². The van der Waals surface area contributed by atoms with Gasteiger partial charge in [-0.3, -0.25) is 4.98 Å². The third kappa shape index (κ3) is 3.51. The van der Waals surface area contributed by atoms with Gasteiger partial charge in [0.1, 0.15) is 5.82 Å². The largest absolute Gasteiger partial charge is 0.354 e. The van der Waals surface area contributed by atoms with Gasteiger partial charge in [-0.05, 0) is 28.9 Å². The second-order valence-corrected chi connectivity index (χ2v) is 4.91. The Morgan fingerprint density at radius 2 is 2.22 bits per heavy atom. The Bertz CT molecular complexity index is 452. The smallest absolute Gasteiger partial charge is 0.147 e. The average molecular weight is 262 g/mol. The summed E-state index contributed by atoms with van der Waals surface area (Å²) in [6.07, 6.45) is 3.67. The van der Waals surface area contributed by atoms with Crippen molar-refractivity contribution in [1.29, 1.82) is 0 Å². The average Bonchev–Trinajstić information content (AvgIpc) is 2.89. The van der Waals surface area contributed by atoms with Crippen LogP contribution in [-0.2, 0) is 13.1 Å². The molecule has 0 saturated carbocycles. The lowest BCUT2D eigenvalue weighted by Crippen LogP contribution is -2.18. The molecule has 0 unspecified atom stereocenters. The summed E-state index contributed by atoms with van der Waals surface area (Å²) in [6, 6.07) is 2.13. The minimum absolute atomic E-state index is 0.776. The van der Waals surface area contributed by atoms with Crippen molar-refractivity contribution in [2.24, 2.45) is 0 Å². The lowest BCUT2D eigenvalue weighted by atomic mass is 10.3. The van der Waals surface area contributed by atoms with Crippen molar-refractivity contribution in [2.45, 2.75) is 20.0 Å². The molecule has 2 aromatic heterocycles. The summed E-state index contributed by atoms with van der Waals surface area (Å²) in [5.41, 5.74) is 2.28. The van der Waals surface area contributed by atoms with E-state index in [0.29, 0.717) is 0 Å². The summed E-state index contributed by atoms with van der Waals surface area (Å²) in [6.45, 7) is 4.67. The Morgan fingerprint density at radius 3 is 2.83 bits per heavy atom. The Kier molecular flexibility index (Phi) is 4.66. The zero-order valence-electron chi connectivity index (χ0n) is 10.8. The quantitative estimate of drug-likeness (QED) is 0.867. The maximum Gasteiger partial charge on any atom is 0.147 e. The first-order chi connectivity index (χ1) is 8.79. The molecule has 0 aliphatic heterocycles. The van der Waals surface area contributed by atoms with E-state index in [9.17, 15) is 0 Å². The van der Waals surface area contributed by atoms with E-state index >= 15 is 0 Å². The molecule has 0 spiro atoms. The monoisotopic (exact) mass is 262 g/mol. The van der Waals surface area contributed by atoms with Crippen molar-refractivity contribution >= 4 is 17.2 Å². The summed E-state index contributed by atoms with van der Waals surface area (Å²) in [5, 5.41) is 7.48. The number of aromatic nitrogens is 2. The first-order valence-corrected chi connectivity index (χ1v) is 6.97. The maximum atomic E-state index is 4.44. The number of nitrogens with zero attached hydrogens (tertiary/aromatic N) is 3. The fourth-order valence-electron chi connectivity index (χ4n) is 1.63. The van der Waals surface area contributed by atoms with Crippen molar-refractivity contribution in [3.8, 4) is 0 Å². The predicted molar refractivity (Wildman–Crippen MR) is 75.8 cm³/mol. The van der Waals surface area contributed by atoms with Gasteiger partial charge >= 0.3 is 0 Å². The third-order valence-electron chi connectivity index (χ3n) is 2.64. The van der Waals surface area contributed by atoms with Gasteiger partial charge in [0.2, 0.25) is 0 Å². The van der Waals surface area contributed by atoms with Gasteiger partial charge in [-0.1, -0.05) is 6.92 Å². The number of hydrogen-bond donors (Lipinski definition) is 1. The Hall–Kier alpha value is -1.46. The van der Waals surface area contributed by atoms with Crippen molar-refractivity contribution in [3.63, 3.8) is 0 Å². The van der Waals surface area contributed by atoms with Crippen LogP contribution in [0.4, 0.5) is 5.82 Å². The van der Waals surface area contributed by atoms with Gasteiger partial charge in [0.05, 0.1) is 18.1 Å². The molecule has 0 bridgehead atoms. The molecular weight excluding hydrogens is 244 g/mol. The molecule has 18 heavy (non-hydrogen) atoms. The summed E-state index contributed by atoms with van der Waals surface area (Å²) >= 11 is 1.72. The topological polar surface area (TPSA) is 41.1 Å². The van der Waals surface area contributed by atoms with E-state index in [-0.39, 0.29) is 0 Å². The predicted octanol–water partition coefficient (Wildman–Crippen LogP) is 2.28. The van der Waals surface area contributed by atoms with Crippen LogP contribution in [0.25, 0.3) is 0 Å². The van der Waals surface area contributed by atoms with Gasteiger partial charge in [0, 0.05) is 20.1 Å². The number of anilines is 1. The molecule has 2 aromatic rings. The van der Waals surface area contributed by atoms with E-state index in [1.807, 2.05) is 19.4 Å². The van der Waals surface area contributed by atoms with Crippen LogP contribution in [-0.4, -0.2) is 23.6 Å². The second kappa shape index (κ2) is 6.47. The summed E-state index contributed by atoms with van der Waals surface area (Å²) in [7, 11) is 2.03. The molecule has 0 aliphatic carbocycles. The number of nitrogens with one attached hydrogen (secondary N) is 1. The van der Waals surface area contributed by atoms with Gasteiger partial charge < -0.3 is 10.2 Å². The second-order valence-electron chi connectivity index (χ2n) is 4.13. The fourth-order valence-corrected chi connectivity index (χ4v) is 2.29. The molecule has 0 atom stereocenters. The van der Waals surface area contributed by atoms with Gasteiger partial charge in [-0.15, -0.1) is 0 Å². The summed E-state index contributed by atoms with van der Waals surface area (Å²) in [5.74, 6) is 0.904. The molecule has 0 saturated heterocycles.